The lowest BCUT2D eigenvalue weighted by atomic mass is 9.91. The molecule has 7 heteroatoms. The Hall–Kier alpha value is -1.63. The van der Waals surface area contributed by atoms with Crippen LogP contribution in [0.15, 0.2) is 0 Å². The molecule has 2 atom stereocenters. The van der Waals surface area contributed by atoms with Gasteiger partial charge >= 0.3 is 5.69 Å². The number of hydrogen-bond donors (Lipinski definition) is 2. The highest BCUT2D eigenvalue weighted by Gasteiger charge is 2.29. The minimum Gasteiger partial charge on any atom is -0.360 e. The van der Waals surface area contributed by atoms with Gasteiger partial charge in [0.15, 0.2) is 0 Å². The molecule has 1 aliphatic rings. The van der Waals surface area contributed by atoms with Crippen molar-refractivity contribution in [3.8, 4) is 0 Å². The van der Waals surface area contributed by atoms with Crippen LogP contribution in [-0.2, 0) is 7.05 Å². The highest BCUT2D eigenvalue weighted by molar-refractivity contribution is 5.60. The highest BCUT2D eigenvalue weighted by atomic mass is 16.6. The summed E-state index contributed by atoms with van der Waals surface area (Å²) in [4.78, 5) is 10.7. The van der Waals surface area contributed by atoms with Crippen molar-refractivity contribution >= 4 is 11.5 Å². The molecule has 2 unspecified atom stereocenters. The molecule has 0 radical (unpaired) electrons. The molecule has 1 heterocycles. The lowest BCUT2D eigenvalue weighted by molar-refractivity contribution is -0.384. The Morgan fingerprint density at radius 1 is 1.50 bits per heavy atom. The standard InChI is InChI=1S/C11H19N5O2/c1-7-10(16(17)18)11(15(2)14-7)13-9-6-4-3-5-8(9)12/h8-9,13H,3-6,12H2,1-2H3. The fourth-order valence-corrected chi connectivity index (χ4v) is 2.54. The fraction of sp³-hybridized carbons (Fsp3) is 0.727. The number of aryl methyl sites for hydroxylation is 2. The van der Waals surface area contributed by atoms with E-state index in [0.717, 1.165) is 25.7 Å². The van der Waals surface area contributed by atoms with E-state index in [1.165, 1.54) is 4.68 Å². The van der Waals surface area contributed by atoms with Gasteiger partial charge in [0.1, 0.15) is 5.69 Å². The molecule has 0 spiro atoms. The summed E-state index contributed by atoms with van der Waals surface area (Å²) < 4.78 is 1.52. The van der Waals surface area contributed by atoms with Crippen molar-refractivity contribution in [1.82, 2.24) is 9.78 Å². The molecule has 1 fully saturated rings. The Labute approximate surface area is 105 Å². The Bertz CT molecular complexity index is 457. The van der Waals surface area contributed by atoms with E-state index in [-0.39, 0.29) is 22.7 Å². The number of rotatable bonds is 3. The Balaban J connectivity index is 2.25. The van der Waals surface area contributed by atoms with Crippen LogP contribution in [0.1, 0.15) is 31.4 Å². The van der Waals surface area contributed by atoms with Crippen molar-refractivity contribution in [3.63, 3.8) is 0 Å². The predicted octanol–water partition coefficient (Wildman–Crippen LogP) is 1.32. The molecule has 0 saturated heterocycles. The first-order valence-corrected chi connectivity index (χ1v) is 6.21. The van der Waals surface area contributed by atoms with Gasteiger partial charge in [-0.05, 0) is 19.8 Å². The normalized spacial score (nSPS) is 23.9. The maximum atomic E-state index is 11.1. The molecule has 2 rings (SSSR count). The summed E-state index contributed by atoms with van der Waals surface area (Å²) in [5.74, 6) is 0.458. The molecule has 1 saturated carbocycles. The number of nitro groups is 1. The van der Waals surface area contributed by atoms with Gasteiger partial charge in [-0.2, -0.15) is 5.10 Å². The molecule has 0 amide bonds. The lowest BCUT2D eigenvalue weighted by Crippen LogP contribution is -2.43. The summed E-state index contributed by atoms with van der Waals surface area (Å²) in [5, 5.41) is 18.4. The van der Waals surface area contributed by atoms with Gasteiger partial charge in [-0.15, -0.1) is 0 Å². The average Bonchev–Trinajstić information content (AvgIpc) is 2.57. The number of aromatic nitrogens is 2. The van der Waals surface area contributed by atoms with Gasteiger partial charge < -0.3 is 11.1 Å². The quantitative estimate of drug-likeness (QED) is 0.625. The van der Waals surface area contributed by atoms with Gasteiger partial charge in [-0.1, -0.05) is 12.8 Å². The van der Waals surface area contributed by atoms with E-state index in [0.29, 0.717) is 11.5 Å². The zero-order valence-corrected chi connectivity index (χ0v) is 10.7. The summed E-state index contributed by atoms with van der Waals surface area (Å²) in [6.07, 6.45) is 4.15. The molecule has 0 bridgehead atoms. The van der Waals surface area contributed by atoms with E-state index in [1.807, 2.05) is 0 Å². The SMILES string of the molecule is Cc1nn(C)c(NC2CCCCC2N)c1[N+](=O)[O-]. The number of hydrogen-bond acceptors (Lipinski definition) is 5. The predicted molar refractivity (Wildman–Crippen MR) is 68.5 cm³/mol. The maximum absolute atomic E-state index is 11.1. The van der Waals surface area contributed by atoms with E-state index < -0.39 is 0 Å². The van der Waals surface area contributed by atoms with Crippen LogP contribution in [0.4, 0.5) is 11.5 Å². The molecule has 1 aliphatic carbocycles. The minimum absolute atomic E-state index is 0.0496. The van der Waals surface area contributed by atoms with E-state index in [4.69, 9.17) is 5.73 Å². The molecule has 0 aliphatic heterocycles. The van der Waals surface area contributed by atoms with E-state index >= 15 is 0 Å². The average molecular weight is 253 g/mol. The Kier molecular flexibility index (Phi) is 3.51. The van der Waals surface area contributed by atoms with Crippen LogP contribution in [0.3, 0.4) is 0 Å². The van der Waals surface area contributed by atoms with E-state index in [1.54, 1.807) is 14.0 Å². The largest absolute Gasteiger partial charge is 0.360 e. The topological polar surface area (TPSA) is 99.0 Å². The number of nitrogens with two attached hydrogens (primary N) is 1. The molecule has 18 heavy (non-hydrogen) atoms. The van der Waals surface area contributed by atoms with Gasteiger partial charge in [-0.3, -0.25) is 10.1 Å². The van der Waals surface area contributed by atoms with E-state index in [2.05, 4.69) is 10.4 Å². The second-order valence-corrected chi connectivity index (χ2v) is 4.86. The summed E-state index contributed by atoms with van der Waals surface area (Å²) >= 11 is 0. The van der Waals surface area contributed by atoms with Crippen LogP contribution in [0, 0.1) is 17.0 Å². The second-order valence-electron chi connectivity index (χ2n) is 4.86. The van der Waals surface area contributed by atoms with Gasteiger partial charge in [0, 0.05) is 19.1 Å². The van der Waals surface area contributed by atoms with Crippen LogP contribution in [0.5, 0.6) is 0 Å². The van der Waals surface area contributed by atoms with Gasteiger partial charge in [-0.25, -0.2) is 4.68 Å². The van der Waals surface area contributed by atoms with Crippen molar-refractivity contribution in [3.05, 3.63) is 15.8 Å². The van der Waals surface area contributed by atoms with Crippen molar-refractivity contribution in [2.24, 2.45) is 12.8 Å². The molecular weight excluding hydrogens is 234 g/mol. The van der Waals surface area contributed by atoms with Crippen molar-refractivity contribution < 1.29 is 4.92 Å². The minimum atomic E-state index is -0.390. The van der Waals surface area contributed by atoms with Gasteiger partial charge in [0.2, 0.25) is 5.82 Å². The van der Waals surface area contributed by atoms with Crippen LogP contribution in [-0.4, -0.2) is 26.8 Å². The van der Waals surface area contributed by atoms with Crippen LogP contribution in [0.2, 0.25) is 0 Å². The van der Waals surface area contributed by atoms with Crippen LogP contribution in [0.25, 0.3) is 0 Å². The summed E-state index contributed by atoms with van der Waals surface area (Å²) in [7, 11) is 1.71. The van der Waals surface area contributed by atoms with Crippen molar-refractivity contribution in [2.45, 2.75) is 44.7 Å². The maximum Gasteiger partial charge on any atom is 0.333 e. The third-order valence-corrected chi connectivity index (χ3v) is 3.51. The molecule has 7 nitrogen and oxygen atoms in total. The van der Waals surface area contributed by atoms with Crippen LogP contribution >= 0.6 is 0 Å². The Morgan fingerprint density at radius 3 is 2.78 bits per heavy atom. The second kappa shape index (κ2) is 4.93. The van der Waals surface area contributed by atoms with Gasteiger partial charge in [0.05, 0.1) is 4.92 Å². The fourth-order valence-electron chi connectivity index (χ4n) is 2.54. The van der Waals surface area contributed by atoms with Crippen LogP contribution < -0.4 is 11.1 Å². The molecule has 0 aromatic carbocycles. The zero-order chi connectivity index (χ0) is 13.3. The first-order chi connectivity index (χ1) is 8.50. The Morgan fingerprint density at radius 2 is 2.17 bits per heavy atom. The summed E-state index contributed by atoms with van der Waals surface area (Å²) in [6, 6.07) is 0.140. The number of nitrogens with zero attached hydrogens (tertiary/aromatic N) is 3. The third kappa shape index (κ3) is 2.31. The van der Waals surface area contributed by atoms with Crippen molar-refractivity contribution in [2.75, 3.05) is 5.32 Å². The molecule has 1 aromatic heterocycles. The van der Waals surface area contributed by atoms with Crippen molar-refractivity contribution in [1.29, 1.82) is 0 Å². The smallest absolute Gasteiger partial charge is 0.333 e. The lowest BCUT2D eigenvalue weighted by Gasteiger charge is -2.29. The zero-order valence-electron chi connectivity index (χ0n) is 10.7. The molecule has 100 valence electrons. The molecule has 1 aromatic rings. The highest BCUT2D eigenvalue weighted by Crippen LogP contribution is 2.30. The first-order valence-electron chi connectivity index (χ1n) is 6.21. The molecular formula is C11H19N5O2. The third-order valence-electron chi connectivity index (χ3n) is 3.51. The summed E-state index contributed by atoms with van der Waals surface area (Å²) in [5.41, 5.74) is 6.52. The number of nitrogens with one attached hydrogen (secondary N) is 1. The summed E-state index contributed by atoms with van der Waals surface area (Å²) in [6.45, 7) is 1.64. The first kappa shape index (κ1) is 12.8. The molecule has 3 N–H and O–H groups in total. The monoisotopic (exact) mass is 253 g/mol. The van der Waals surface area contributed by atoms with Gasteiger partial charge in [0.25, 0.3) is 0 Å². The number of anilines is 1. The van der Waals surface area contributed by atoms with E-state index in [9.17, 15) is 10.1 Å².